The summed E-state index contributed by atoms with van der Waals surface area (Å²) in [5.41, 5.74) is 6.31. The molecule has 1 fully saturated rings. The molecule has 0 aromatic heterocycles. The van der Waals surface area contributed by atoms with E-state index in [2.05, 4.69) is 4.99 Å². The van der Waals surface area contributed by atoms with Crippen LogP contribution in [0, 0.1) is 0 Å². The summed E-state index contributed by atoms with van der Waals surface area (Å²) in [6, 6.07) is 7.41. The molecule has 6 nitrogen and oxygen atoms in total. The maximum absolute atomic E-state index is 11.8. The van der Waals surface area contributed by atoms with Crippen LogP contribution >= 0.6 is 0 Å². The largest absolute Gasteiger partial charge is 0.497 e. The van der Waals surface area contributed by atoms with Gasteiger partial charge in [-0.25, -0.2) is 8.42 Å². The molecule has 1 atom stereocenters. The van der Waals surface area contributed by atoms with Gasteiger partial charge in [0.05, 0.1) is 30.7 Å². The van der Waals surface area contributed by atoms with Crippen LogP contribution in [0.15, 0.2) is 29.3 Å². The Morgan fingerprint density at radius 2 is 2.05 bits per heavy atom. The number of ether oxygens (including phenoxy) is 1. The minimum absolute atomic E-state index is 0.107. The van der Waals surface area contributed by atoms with Crippen LogP contribution in [0.1, 0.15) is 6.42 Å². The molecule has 2 aliphatic rings. The zero-order chi connectivity index (χ0) is 14.4. The Balaban J connectivity index is 1.98. The number of nitrogens with two attached hydrogens (primary N) is 1. The van der Waals surface area contributed by atoms with Crippen molar-refractivity contribution in [1.29, 1.82) is 0 Å². The van der Waals surface area contributed by atoms with E-state index in [0.717, 1.165) is 11.4 Å². The third-order valence-electron chi connectivity index (χ3n) is 3.94. The van der Waals surface area contributed by atoms with Crippen LogP contribution in [0.2, 0.25) is 0 Å². The van der Waals surface area contributed by atoms with E-state index >= 15 is 0 Å². The van der Waals surface area contributed by atoms with E-state index in [0.29, 0.717) is 18.9 Å². The highest BCUT2D eigenvalue weighted by Crippen LogP contribution is 2.37. The lowest BCUT2D eigenvalue weighted by molar-refractivity contribution is 0.414. The second kappa shape index (κ2) is 4.37. The number of rotatable bonds is 2. The van der Waals surface area contributed by atoms with E-state index in [-0.39, 0.29) is 11.5 Å². The van der Waals surface area contributed by atoms with Gasteiger partial charge in [-0.05, 0) is 30.7 Å². The molecule has 0 radical (unpaired) electrons. The van der Waals surface area contributed by atoms with Crippen molar-refractivity contribution in [2.45, 2.75) is 12.0 Å². The third-order valence-corrected chi connectivity index (χ3v) is 5.74. The topological polar surface area (TPSA) is 85.0 Å². The summed E-state index contributed by atoms with van der Waals surface area (Å²) in [6.45, 7) is 0.435. The van der Waals surface area contributed by atoms with Gasteiger partial charge in [0.2, 0.25) is 0 Å². The van der Waals surface area contributed by atoms with Crippen LogP contribution in [0.5, 0.6) is 5.75 Å². The molecule has 20 heavy (non-hydrogen) atoms. The Morgan fingerprint density at radius 1 is 1.35 bits per heavy atom. The first-order valence-electron chi connectivity index (χ1n) is 6.40. The van der Waals surface area contributed by atoms with Gasteiger partial charge in [0.1, 0.15) is 5.75 Å². The van der Waals surface area contributed by atoms with E-state index in [1.54, 1.807) is 7.11 Å². The van der Waals surface area contributed by atoms with Gasteiger partial charge < -0.3 is 15.4 Å². The van der Waals surface area contributed by atoms with Crippen molar-refractivity contribution in [3.8, 4) is 5.75 Å². The first-order chi connectivity index (χ1) is 9.46. The summed E-state index contributed by atoms with van der Waals surface area (Å²) in [5, 5.41) is 0. The summed E-state index contributed by atoms with van der Waals surface area (Å²) in [7, 11) is -1.41. The summed E-state index contributed by atoms with van der Waals surface area (Å²) < 4.78 is 28.8. The molecule has 1 saturated heterocycles. The molecular weight excluding hydrogens is 278 g/mol. The number of hydrogen-bond donors (Lipinski definition) is 1. The molecule has 108 valence electrons. The Bertz CT molecular complexity index is 654. The van der Waals surface area contributed by atoms with Crippen molar-refractivity contribution in [3.63, 3.8) is 0 Å². The van der Waals surface area contributed by atoms with E-state index < -0.39 is 15.4 Å². The second-order valence-electron chi connectivity index (χ2n) is 5.27. The molecule has 2 heterocycles. The fourth-order valence-electron chi connectivity index (χ4n) is 2.95. The molecule has 1 unspecified atom stereocenters. The van der Waals surface area contributed by atoms with Gasteiger partial charge in [-0.3, -0.25) is 4.99 Å². The summed E-state index contributed by atoms with van der Waals surface area (Å²) in [4.78, 5) is 6.12. The fourth-order valence-corrected chi connectivity index (χ4v) is 4.97. The van der Waals surface area contributed by atoms with Gasteiger partial charge in [0, 0.05) is 5.69 Å². The normalized spacial score (nSPS) is 27.9. The van der Waals surface area contributed by atoms with Crippen molar-refractivity contribution >= 4 is 21.5 Å². The number of sulfone groups is 1. The number of benzene rings is 1. The zero-order valence-corrected chi connectivity index (χ0v) is 12.1. The molecule has 1 spiro atoms. The van der Waals surface area contributed by atoms with Gasteiger partial charge in [-0.2, -0.15) is 0 Å². The maximum Gasteiger partial charge on any atom is 0.196 e. The van der Waals surface area contributed by atoms with E-state index in [9.17, 15) is 8.42 Å². The second-order valence-corrected chi connectivity index (χ2v) is 7.46. The number of nitrogens with zero attached hydrogens (tertiary/aromatic N) is 2. The van der Waals surface area contributed by atoms with Crippen LogP contribution in [-0.4, -0.2) is 45.1 Å². The Labute approximate surface area is 118 Å². The van der Waals surface area contributed by atoms with Gasteiger partial charge in [-0.15, -0.1) is 0 Å². The maximum atomic E-state index is 11.8. The molecule has 0 saturated carbocycles. The van der Waals surface area contributed by atoms with E-state index in [1.165, 1.54) is 0 Å². The number of anilines is 1. The number of methoxy groups -OCH3 is 1. The molecule has 2 N–H and O–H groups in total. The average molecular weight is 295 g/mol. The zero-order valence-electron chi connectivity index (χ0n) is 11.2. The number of aliphatic imine (C=N–C) groups is 1. The molecule has 1 aromatic rings. The molecule has 0 aliphatic carbocycles. The molecule has 7 heteroatoms. The molecule has 0 bridgehead atoms. The van der Waals surface area contributed by atoms with Crippen molar-refractivity contribution in [1.82, 2.24) is 0 Å². The van der Waals surface area contributed by atoms with Crippen LogP contribution in [-0.2, 0) is 9.84 Å². The van der Waals surface area contributed by atoms with Crippen molar-refractivity contribution < 1.29 is 13.2 Å². The molecule has 2 aliphatic heterocycles. The number of guanidine groups is 1. The van der Waals surface area contributed by atoms with Crippen LogP contribution in [0.25, 0.3) is 0 Å². The Morgan fingerprint density at radius 3 is 2.60 bits per heavy atom. The molecule has 0 amide bonds. The predicted molar refractivity (Wildman–Crippen MR) is 78.0 cm³/mol. The van der Waals surface area contributed by atoms with Crippen molar-refractivity contribution in [3.05, 3.63) is 24.3 Å². The van der Waals surface area contributed by atoms with Crippen LogP contribution < -0.4 is 15.4 Å². The first kappa shape index (κ1) is 13.2. The lowest BCUT2D eigenvalue weighted by atomic mass is 9.97. The lowest BCUT2D eigenvalue weighted by Gasteiger charge is -2.34. The predicted octanol–water partition coefficient (Wildman–Crippen LogP) is 0.387. The molecule has 1 aromatic carbocycles. The summed E-state index contributed by atoms with van der Waals surface area (Å²) >= 11 is 0. The van der Waals surface area contributed by atoms with Crippen molar-refractivity contribution in [2.75, 3.05) is 30.1 Å². The van der Waals surface area contributed by atoms with Gasteiger partial charge in [0.15, 0.2) is 15.8 Å². The summed E-state index contributed by atoms with van der Waals surface area (Å²) in [6.07, 6.45) is 0.561. The van der Waals surface area contributed by atoms with Gasteiger partial charge in [0.25, 0.3) is 0 Å². The molecular formula is C13H17N3O3S. The quantitative estimate of drug-likeness (QED) is 0.853. The van der Waals surface area contributed by atoms with Crippen LogP contribution in [0.3, 0.4) is 0 Å². The third kappa shape index (κ3) is 2.02. The average Bonchev–Trinajstić information content (AvgIpc) is 2.90. The smallest absolute Gasteiger partial charge is 0.196 e. The minimum atomic E-state index is -3.01. The molecule has 3 rings (SSSR count). The standard InChI is InChI=1S/C13H17N3O3S/c1-19-11-4-2-10(3-5-11)16-12(14)15-8-13(16)6-7-20(17,18)9-13/h2-5H,6-9H2,1H3,(H2,14,15). The van der Waals surface area contributed by atoms with Crippen molar-refractivity contribution in [2.24, 2.45) is 10.7 Å². The lowest BCUT2D eigenvalue weighted by Crippen LogP contribution is -2.53. The first-order valence-corrected chi connectivity index (χ1v) is 8.23. The summed E-state index contributed by atoms with van der Waals surface area (Å²) in [5.74, 6) is 1.43. The Kier molecular flexibility index (Phi) is 2.89. The van der Waals surface area contributed by atoms with E-state index in [1.807, 2.05) is 29.2 Å². The van der Waals surface area contributed by atoms with Gasteiger partial charge in [-0.1, -0.05) is 0 Å². The van der Waals surface area contributed by atoms with E-state index in [4.69, 9.17) is 10.5 Å². The fraction of sp³-hybridized carbons (Fsp3) is 0.462. The highest BCUT2D eigenvalue weighted by molar-refractivity contribution is 7.91. The number of hydrogen-bond acceptors (Lipinski definition) is 6. The van der Waals surface area contributed by atoms with Crippen LogP contribution in [0.4, 0.5) is 5.69 Å². The Hall–Kier alpha value is -1.76. The minimum Gasteiger partial charge on any atom is -0.497 e. The monoisotopic (exact) mass is 295 g/mol. The SMILES string of the molecule is COc1ccc(N2C(N)=NCC23CCS(=O)(=O)C3)cc1. The highest BCUT2D eigenvalue weighted by Gasteiger charge is 2.50. The van der Waals surface area contributed by atoms with Gasteiger partial charge >= 0.3 is 0 Å². The highest BCUT2D eigenvalue weighted by atomic mass is 32.2.